The lowest BCUT2D eigenvalue weighted by Crippen LogP contribution is -2.14. The summed E-state index contributed by atoms with van der Waals surface area (Å²) in [5, 5.41) is 28.5. The monoisotopic (exact) mass is 230 g/mol. The molecule has 0 aliphatic heterocycles. The van der Waals surface area contributed by atoms with Crippen molar-refractivity contribution in [1.29, 1.82) is 0 Å². The fourth-order valence-corrected chi connectivity index (χ4v) is 1.74. The maximum Gasteiger partial charge on any atom is 0.301 e. The van der Waals surface area contributed by atoms with Gasteiger partial charge in [0.25, 0.3) is 0 Å². The molecular formula is C8H10N2O4S. The molecule has 1 heterocycles. The Labute approximate surface area is 90.1 Å². The predicted molar refractivity (Wildman–Crippen MR) is 54.7 cm³/mol. The highest BCUT2D eigenvalue weighted by Gasteiger charge is 2.15. The molecule has 0 saturated heterocycles. The normalized spacial score (nSPS) is 12.4. The molecule has 0 radical (unpaired) electrons. The lowest BCUT2D eigenvalue weighted by molar-refractivity contribution is -0.388. The quantitative estimate of drug-likeness (QED) is 0.432. The third kappa shape index (κ3) is 3.46. The number of pyridine rings is 1. The average molecular weight is 230 g/mol. The van der Waals surface area contributed by atoms with E-state index in [0.717, 1.165) is 11.8 Å². The fourth-order valence-electron chi connectivity index (χ4n) is 0.860. The van der Waals surface area contributed by atoms with Gasteiger partial charge < -0.3 is 10.2 Å². The molecule has 0 saturated carbocycles. The highest BCUT2D eigenvalue weighted by atomic mass is 32.2. The Kier molecular flexibility index (Phi) is 4.47. The molecule has 0 amide bonds. The highest BCUT2D eigenvalue weighted by Crippen LogP contribution is 2.26. The first-order valence-electron chi connectivity index (χ1n) is 4.16. The Balaban J connectivity index is 2.72. The molecule has 1 aromatic rings. The molecule has 0 spiro atoms. The van der Waals surface area contributed by atoms with Crippen LogP contribution in [-0.4, -0.2) is 38.6 Å². The van der Waals surface area contributed by atoms with E-state index in [9.17, 15) is 10.1 Å². The first kappa shape index (κ1) is 11.9. The SMILES string of the molecule is O=[N+]([O-])c1cccnc1SC[C@@H](O)CO. The molecule has 0 unspecified atom stereocenters. The summed E-state index contributed by atoms with van der Waals surface area (Å²) >= 11 is 1.05. The molecule has 1 rings (SSSR count). The van der Waals surface area contributed by atoms with Gasteiger partial charge in [-0.05, 0) is 6.07 Å². The fraction of sp³-hybridized carbons (Fsp3) is 0.375. The minimum Gasteiger partial charge on any atom is -0.394 e. The third-order valence-corrected chi connectivity index (χ3v) is 2.71. The van der Waals surface area contributed by atoms with Crippen molar-refractivity contribution < 1.29 is 15.1 Å². The van der Waals surface area contributed by atoms with Crippen LogP contribution in [0.3, 0.4) is 0 Å². The van der Waals surface area contributed by atoms with Gasteiger partial charge >= 0.3 is 5.69 Å². The minimum atomic E-state index is -0.892. The zero-order valence-corrected chi connectivity index (χ0v) is 8.55. The standard InChI is InChI=1S/C8H10N2O4S/c11-4-6(12)5-15-8-7(10(13)14)2-1-3-9-8/h1-3,6,11-12H,4-5H2/t6-/m0/s1. The van der Waals surface area contributed by atoms with E-state index in [0.29, 0.717) is 0 Å². The van der Waals surface area contributed by atoms with Crippen molar-refractivity contribution in [1.82, 2.24) is 4.98 Å². The molecule has 7 heteroatoms. The molecule has 1 atom stereocenters. The average Bonchev–Trinajstić information content (AvgIpc) is 2.26. The van der Waals surface area contributed by atoms with E-state index < -0.39 is 11.0 Å². The van der Waals surface area contributed by atoms with E-state index in [1.807, 2.05) is 0 Å². The van der Waals surface area contributed by atoms with Crippen LogP contribution in [0.25, 0.3) is 0 Å². The summed E-state index contributed by atoms with van der Waals surface area (Å²) in [5.74, 6) is 0.175. The number of hydrogen-bond acceptors (Lipinski definition) is 6. The summed E-state index contributed by atoms with van der Waals surface area (Å²) in [6.07, 6.45) is 0.553. The molecular weight excluding hydrogens is 220 g/mol. The molecule has 0 aromatic carbocycles. The van der Waals surface area contributed by atoms with Gasteiger partial charge in [-0.1, -0.05) is 11.8 Å². The van der Waals surface area contributed by atoms with Crippen molar-refractivity contribution in [2.24, 2.45) is 0 Å². The molecule has 0 fully saturated rings. The van der Waals surface area contributed by atoms with E-state index in [1.54, 1.807) is 0 Å². The second-order valence-electron chi connectivity index (χ2n) is 2.73. The molecule has 2 N–H and O–H groups in total. The largest absolute Gasteiger partial charge is 0.394 e. The molecule has 6 nitrogen and oxygen atoms in total. The molecule has 0 aliphatic rings. The second-order valence-corrected chi connectivity index (χ2v) is 3.74. The third-order valence-electron chi connectivity index (χ3n) is 1.57. The van der Waals surface area contributed by atoms with Crippen LogP contribution in [0, 0.1) is 10.1 Å². The number of aromatic nitrogens is 1. The van der Waals surface area contributed by atoms with Gasteiger partial charge in [0.2, 0.25) is 0 Å². The summed E-state index contributed by atoms with van der Waals surface area (Å²) in [5.41, 5.74) is -0.0901. The summed E-state index contributed by atoms with van der Waals surface area (Å²) in [6, 6.07) is 2.82. The number of rotatable bonds is 5. The number of thioether (sulfide) groups is 1. The van der Waals surface area contributed by atoms with Crippen molar-refractivity contribution in [3.8, 4) is 0 Å². The van der Waals surface area contributed by atoms with E-state index >= 15 is 0 Å². The number of hydrogen-bond donors (Lipinski definition) is 2. The van der Waals surface area contributed by atoms with Gasteiger partial charge in [-0.15, -0.1) is 0 Å². The molecule has 1 aromatic heterocycles. The Hall–Kier alpha value is -1.18. The van der Waals surface area contributed by atoms with Crippen molar-refractivity contribution in [2.75, 3.05) is 12.4 Å². The van der Waals surface area contributed by atoms with Crippen LogP contribution in [0.5, 0.6) is 0 Å². The maximum atomic E-state index is 10.6. The lowest BCUT2D eigenvalue weighted by Gasteiger charge is -2.05. The molecule has 82 valence electrons. The summed E-state index contributed by atoms with van der Waals surface area (Å²) < 4.78 is 0. The van der Waals surface area contributed by atoms with Crippen LogP contribution in [0.1, 0.15) is 0 Å². The van der Waals surface area contributed by atoms with Crippen LogP contribution in [0.2, 0.25) is 0 Å². The van der Waals surface area contributed by atoms with Gasteiger partial charge in [-0.2, -0.15) is 0 Å². The van der Waals surface area contributed by atoms with Crippen LogP contribution in [-0.2, 0) is 0 Å². The Morgan fingerprint density at radius 3 is 3.00 bits per heavy atom. The smallest absolute Gasteiger partial charge is 0.301 e. The van der Waals surface area contributed by atoms with Gasteiger partial charge in [-0.3, -0.25) is 10.1 Å². The van der Waals surface area contributed by atoms with Gasteiger partial charge in [0.15, 0.2) is 5.03 Å². The van der Waals surface area contributed by atoms with Gasteiger partial charge in [0, 0.05) is 18.0 Å². The van der Waals surface area contributed by atoms with E-state index in [-0.39, 0.29) is 23.1 Å². The zero-order chi connectivity index (χ0) is 11.3. The number of nitro groups is 1. The number of nitrogens with zero attached hydrogens (tertiary/aromatic N) is 2. The van der Waals surface area contributed by atoms with Crippen LogP contribution < -0.4 is 0 Å². The van der Waals surface area contributed by atoms with Gasteiger partial charge in [0.05, 0.1) is 17.6 Å². The van der Waals surface area contributed by atoms with Gasteiger partial charge in [0.1, 0.15) is 0 Å². The Morgan fingerprint density at radius 1 is 1.67 bits per heavy atom. The van der Waals surface area contributed by atoms with Gasteiger partial charge in [-0.25, -0.2) is 4.98 Å². The van der Waals surface area contributed by atoms with E-state index in [2.05, 4.69) is 4.98 Å². The van der Waals surface area contributed by atoms with Crippen LogP contribution in [0.15, 0.2) is 23.4 Å². The Morgan fingerprint density at radius 2 is 2.40 bits per heavy atom. The van der Waals surface area contributed by atoms with Crippen molar-refractivity contribution in [3.05, 3.63) is 28.4 Å². The lowest BCUT2D eigenvalue weighted by atomic mass is 10.4. The highest BCUT2D eigenvalue weighted by molar-refractivity contribution is 7.99. The maximum absolute atomic E-state index is 10.6. The van der Waals surface area contributed by atoms with Crippen molar-refractivity contribution >= 4 is 17.4 Å². The molecule has 15 heavy (non-hydrogen) atoms. The van der Waals surface area contributed by atoms with Crippen molar-refractivity contribution in [2.45, 2.75) is 11.1 Å². The number of aliphatic hydroxyl groups excluding tert-OH is 2. The van der Waals surface area contributed by atoms with Crippen LogP contribution in [0.4, 0.5) is 5.69 Å². The summed E-state index contributed by atoms with van der Waals surface area (Å²) in [4.78, 5) is 13.9. The van der Waals surface area contributed by atoms with Crippen molar-refractivity contribution in [3.63, 3.8) is 0 Å². The Bertz CT molecular complexity index is 347. The summed E-state index contributed by atoms with van der Waals surface area (Å²) in [6.45, 7) is -0.367. The first-order chi connectivity index (χ1) is 7.15. The van der Waals surface area contributed by atoms with Crippen LogP contribution >= 0.6 is 11.8 Å². The predicted octanol–water partition coefficient (Wildman–Crippen LogP) is 0.435. The number of aliphatic hydroxyl groups is 2. The summed E-state index contributed by atoms with van der Waals surface area (Å²) in [7, 11) is 0. The first-order valence-corrected chi connectivity index (χ1v) is 5.15. The molecule has 0 aliphatic carbocycles. The van der Waals surface area contributed by atoms with E-state index in [4.69, 9.17) is 10.2 Å². The topological polar surface area (TPSA) is 96.5 Å². The second kappa shape index (κ2) is 5.64. The minimum absolute atomic E-state index is 0.0901. The molecule has 0 bridgehead atoms. The zero-order valence-electron chi connectivity index (χ0n) is 7.74. The van der Waals surface area contributed by atoms with E-state index in [1.165, 1.54) is 18.3 Å².